The fraction of sp³-hybridized carbons (Fsp3) is 0.381. The molecule has 1 saturated heterocycles. The van der Waals surface area contributed by atoms with Gasteiger partial charge in [-0.3, -0.25) is 9.52 Å². The summed E-state index contributed by atoms with van der Waals surface area (Å²) in [5.41, 5.74) is 2.28. The maximum Gasteiger partial charge on any atom is 0.263 e. The number of para-hydroxylation sites is 1. The van der Waals surface area contributed by atoms with Gasteiger partial charge >= 0.3 is 0 Å². The molecule has 1 aliphatic heterocycles. The van der Waals surface area contributed by atoms with Crippen LogP contribution in [0.25, 0.3) is 0 Å². The first-order valence-electron chi connectivity index (χ1n) is 9.50. The number of carbonyl (C=O) groups is 1. The van der Waals surface area contributed by atoms with Crippen LogP contribution < -0.4 is 9.46 Å². The molecule has 0 radical (unpaired) electrons. The van der Waals surface area contributed by atoms with Crippen LogP contribution in [-0.4, -0.2) is 51.6 Å². The van der Waals surface area contributed by atoms with Gasteiger partial charge in [-0.2, -0.15) is 0 Å². The first-order valence-corrected chi connectivity index (χ1v) is 11.0. The van der Waals surface area contributed by atoms with Crippen LogP contribution in [0.5, 0.6) is 5.75 Å². The van der Waals surface area contributed by atoms with Crippen LogP contribution >= 0.6 is 0 Å². The maximum atomic E-state index is 12.7. The van der Waals surface area contributed by atoms with Gasteiger partial charge in [0.25, 0.3) is 15.9 Å². The number of nitrogens with zero attached hydrogens (tertiary/aromatic N) is 1. The Morgan fingerprint density at radius 2 is 1.66 bits per heavy atom. The minimum atomic E-state index is -3.73. The largest absolute Gasteiger partial charge is 0.481 e. The molecule has 0 aromatic heterocycles. The van der Waals surface area contributed by atoms with Gasteiger partial charge in [-0.05, 0) is 56.2 Å². The zero-order valence-corrected chi connectivity index (χ0v) is 17.7. The number of benzene rings is 2. The van der Waals surface area contributed by atoms with E-state index < -0.39 is 16.1 Å². The molecule has 0 bridgehead atoms. The number of aryl methyl sites for hydroxylation is 2. The molecule has 1 aliphatic rings. The van der Waals surface area contributed by atoms with Gasteiger partial charge in [-0.1, -0.05) is 18.2 Å². The van der Waals surface area contributed by atoms with E-state index in [1.165, 1.54) is 12.1 Å². The molecule has 3 rings (SSSR count). The summed E-state index contributed by atoms with van der Waals surface area (Å²) in [6, 6.07) is 11.6. The summed E-state index contributed by atoms with van der Waals surface area (Å²) in [5, 5.41) is 0. The second-order valence-corrected chi connectivity index (χ2v) is 8.72. The Hall–Kier alpha value is -2.58. The number of ether oxygens (including phenoxy) is 2. The first kappa shape index (κ1) is 21.1. The number of anilines is 1. The zero-order valence-electron chi connectivity index (χ0n) is 16.8. The predicted molar refractivity (Wildman–Crippen MR) is 111 cm³/mol. The molecule has 0 saturated carbocycles. The van der Waals surface area contributed by atoms with E-state index >= 15 is 0 Å². The normalized spacial score (nSPS) is 15.6. The highest BCUT2D eigenvalue weighted by Crippen LogP contribution is 2.24. The average Bonchev–Trinajstić information content (AvgIpc) is 2.71. The van der Waals surface area contributed by atoms with Gasteiger partial charge in [0.05, 0.1) is 23.8 Å². The van der Waals surface area contributed by atoms with E-state index in [0.29, 0.717) is 37.7 Å². The minimum absolute atomic E-state index is 0.110. The molecule has 2 aromatic carbocycles. The molecule has 1 heterocycles. The van der Waals surface area contributed by atoms with Crippen LogP contribution in [0, 0.1) is 13.8 Å². The van der Waals surface area contributed by atoms with E-state index in [4.69, 9.17) is 9.47 Å². The van der Waals surface area contributed by atoms with Crippen LogP contribution in [0.15, 0.2) is 47.4 Å². The van der Waals surface area contributed by atoms with Gasteiger partial charge in [-0.15, -0.1) is 0 Å². The highest BCUT2D eigenvalue weighted by atomic mass is 32.2. The number of morpholine rings is 1. The highest BCUT2D eigenvalue weighted by Gasteiger charge is 2.24. The standard InChI is InChI=1S/C21H26N2O5S/c1-15-5-4-6-16(2)20(15)22-29(25,26)19-9-7-18(8-10-19)28-17(3)21(24)23-11-13-27-14-12-23/h4-10,17,22H,11-14H2,1-3H3/t17-/m1/s1. The molecule has 29 heavy (non-hydrogen) atoms. The summed E-state index contributed by atoms with van der Waals surface area (Å²) in [6.07, 6.45) is -0.664. The Morgan fingerprint density at radius 1 is 1.07 bits per heavy atom. The molecule has 1 N–H and O–H groups in total. The van der Waals surface area contributed by atoms with Crippen molar-refractivity contribution in [2.45, 2.75) is 31.8 Å². The van der Waals surface area contributed by atoms with Crippen molar-refractivity contribution in [1.29, 1.82) is 0 Å². The second kappa shape index (κ2) is 8.84. The van der Waals surface area contributed by atoms with E-state index in [0.717, 1.165) is 11.1 Å². The van der Waals surface area contributed by atoms with Crippen LogP contribution in [-0.2, 0) is 19.6 Å². The molecule has 2 aromatic rings. The molecule has 1 fully saturated rings. The van der Waals surface area contributed by atoms with Crippen molar-refractivity contribution in [2.24, 2.45) is 0 Å². The van der Waals surface area contributed by atoms with E-state index in [1.54, 1.807) is 24.0 Å². The lowest BCUT2D eigenvalue weighted by atomic mass is 10.1. The van der Waals surface area contributed by atoms with Crippen molar-refractivity contribution >= 4 is 21.6 Å². The number of carbonyl (C=O) groups excluding carboxylic acids is 1. The van der Waals surface area contributed by atoms with Gasteiger partial charge < -0.3 is 14.4 Å². The van der Waals surface area contributed by atoms with Gasteiger partial charge in [0.1, 0.15) is 5.75 Å². The lowest BCUT2D eigenvalue weighted by Gasteiger charge is -2.29. The van der Waals surface area contributed by atoms with Crippen LogP contribution in [0.3, 0.4) is 0 Å². The van der Waals surface area contributed by atoms with E-state index in [1.807, 2.05) is 32.0 Å². The Kier molecular flexibility index (Phi) is 6.44. The molecule has 0 unspecified atom stereocenters. The third-order valence-corrected chi connectivity index (χ3v) is 6.20. The maximum absolute atomic E-state index is 12.7. The minimum Gasteiger partial charge on any atom is -0.481 e. The van der Waals surface area contributed by atoms with Crippen molar-refractivity contribution in [3.05, 3.63) is 53.6 Å². The van der Waals surface area contributed by atoms with Gasteiger partial charge in [-0.25, -0.2) is 8.42 Å². The van der Waals surface area contributed by atoms with Crippen molar-refractivity contribution in [1.82, 2.24) is 4.90 Å². The summed E-state index contributed by atoms with van der Waals surface area (Å²) in [5.74, 6) is 0.326. The van der Waals surface area contributed by atoms with Crippen molar-refractivity contribution in [3.8, 4) is 5.75 Å². The molecule has 0 aliphatic carbocycles. The van der Waals surface area contributed by atoms with Crippen LogP contribution in [0.1, 0.15) is 18.1 Å². The number of hydrogen-bond donors (Lipinski definition) is 1. The summed E-state index contributed by atoms with van der Waals surface area (Å²) in [6.45, 7) is 7.55. The molecular formula is C21H26N2O5S. The van der Waals surface area contributed by atoms with E-state index in [9.17, 15) is 13.2 Å². The number of rotatable bonds is 6. The Morgan fingerprint density at radius 3 is 2.24 bits per heavy atom. The highest BCUT2D eigenvalue weighted by molar-refractivity contribution is 7.92. The van der Waals surface area contributed by atoms with Gasteiger partial charge in [0.2, 0.25) is 0 Å². The smallest absolute Gasteiger partial charge is 0.263 e. The van der Waals surface area contributed by atoms with Crippen molar-refractivity contribution in [3.63, 3.8) is 0 Å². The zero-order chi connectivity index (χ0) is 21.0. The molecular weight excluding hydrogens is 392 g/mol. The number of amides is 1. The molecule has 0 spiro atoms. The monoisotopic (exact) mass is 418 g/mol. The van der Waals surface area contributed by atoms with Crippen molar-refractivity contribution < 1.29 is 22.7 Å². The summed E-state index contributed by atoms with van der Waals surface area (Å²) in [7, 11) is -3.73. The van der Waals surface area contributed by atoms with Crippen molar-refractivity contribution in [2.75, 3.05) is 31.0 Å². The topological polar surface area (TPSA) is 84.9 Å². The fourth-order valence-corrected chi connectivity index (χ4v) is 4.36. The Labute approximate surface area is 171 Å². The van der Waals surface area contributed by atoms with Gasteiger partial charge in [0.15, 0.2) is 6.10 Å². The van der Waals surface area contributed by atoms with E-state index in [2.05, 4.69) is 4.72 Å². The number of nitrogens with one attached hydrogen (secondary N) is 1. The molecule has 7 nitrogen and oxygen atoms in total. The van der Waals surface area contributed by atoms with Gasteiger partial charge in [0, 0.05) is 13.1 Å². The molecule has 1 amide bonds. The molecule has 1 atom stereocenters. The third-order valence-electron chi connectivity index (χ3n) is 4.83. The van der Waals surface area contributed by atoms with Crippen LogP contribution in [0.2, 0.25) is 0 Å². The van der Waals surface area contributed by atoms with E-state index in [-0.39, 0.29) is 10.8 Å². The number of sulfonamides is 1. The summed E-state index contributed by atoms with van der Waals surface area (Å²) >= 11 is 0. The summed E-state index contributed by atoms with van der Waals surface area (Å²) in [4.78, 5) is 14.3. The lowest BCUT2D eigenvalue weighted by molar-refractivity contribution is -0.142. The third kappa shape index (κ3) is 5.07. The Balaban J connectivity index is 1.68. The average molecular weight is 419 g/mol. The summed E-state index contributed by atoms with van der Waals surface area (Å²) < 4.78 is 39.1. The van der Waals surface area contributed by atoms with Crippen LogP contribution in [0.4, 0.5) is 5.69 Å². The molecule has 8 heteroatoms. The fourth-order valence-electron chi connectivity index (χ4n) is 3.16. The lowest BCUT2D eigenvalue weighted by Crippen LogP contribution is -2.46. The first-order chi connectivity index (χ1) is 13.8. The molecule has 156 valence electrons. The predicted octanol–water partition coefficient (Wildman–Crippen LogP) is 2.73. The number of hydrogen-bond acceptors (Lipinski definition) is 5. The quantitative estimate of drug-likeness (QED) is 0.780. The SMILES string of the molecule is Cc1cccc(C)c1NS(=O)(=O)c1ccc(O[C@H](C)C(=O)N2CCOCC2)cc1. The Bertz CT molecular complexity index is 947. The second-order valence-electron chi connectivity index (χ2n) is 7.04.